The zero-order valence-corrected chi connectivity index (χ0v) is 12.0. The highest BCUT2D eigenvalue weighted by Gasteiger charge is 2.10. The number of hydrogen-bond donors (Lipinski definition) is 1. The van der Waals surface area contributed by atoms with Gasteiger partial charge in [-0.1, -0.05) is 24.3 Å². The number of nitro groups is 1. The molecule has 1 N–H and O–H groups in total. The van der Waals surface area contributed by atoms with Crippen LogP contribution in [0.1, 0.15) is 11.1 Å². The molecule has 0 saturated carbocycles. The van der Waals surface area contributed by atoms with E-state index < -0.39 is 4.92 Å². The van der Waals surface area contributed by atoms with Crippen molar-refractivity contribution in [3.05, 3.63) is 68.2 Å². The molecule has 0 aliphatic carbocycles. The van der Waals surface area contributed by atoms with E-state index in [1.807, 2.05) is 12.1 Å². The molecular formula is C14H12BrNO4. The lowest BCUT2D eigenvalue weighted by molar-refractivity contribution is -0.385. The minimum atomic E-state index is -0.463. The summed E-state index contributed by atoms with van der Waals surface area (Å²) in [4.78, 5) is 10.3. The van der Waals surface area contributed by atoms with E-state index in [0.717, 1.165) is 11.1 Å². The van der Waals surface area contributed by atoms with Crippen LogP contribution in [-0.2, 0) is 13.2 Å². The van der Waals surface area contributed by atoms with Gasteiger partial charge >= 0.3 is 0 Å². The molecule has 2 aromatic rings. The molecule has 0 radical (unpaired) electrons. The Kier molecular flexibility index (Phi) is 4.70. The molecule has 2 aromatic carbocycles. The molecule has 6 heteroatoms. The third kappa shape index (κ3) is 3.55. The van der Waals surface area contributed by atoms with Gasteiger partial charge in [-0.15, -0.1) is 0 Å². The second kappa shape index (κ2) is 6.49. The second-order valence-electron chi connectivity index (χ2n) is 4.14. The maximum Gasteiger partial charge on any atom is 0.273 e. The van der Waals surface area contributed by atoms with Gasteiger partial charge in [-0.2, -0.15) is 0 Å². The lowest BCUT2D eigenvalue weighted by atomic mass is 10.1. The van der Waals surface area contributed by atoms with E-state index >= 15 is 0 Å². The number of aliphatic hydroxyl groups is 1. The smallest absolute Gasteiger partial charge is 0.273 e. The van der Waals surface area contributed by atoms with Crippen LogP contribution in [0, 0.1) is 10.1 Å². The molecule has 0 aliphatic rings. The molecule has 104 valence electrons. The van der Waals surface area contributed by atoms with Crippen LogP contribution in [0.4, 0.5) is 5.69 Å². The minimum Gasteiger partial charge on any atom is -0.487 e. The summed E-state index contributed by atoms with van der Waals surface area (Å²) in [5.41, 5.74) is 1.73. The first-order valence-corrected chi connectivity index (χ1v) is 6.65. The number of hydrogen-bond acceptors (Lipinski definition) is 4. The zero-order valence-electron chi connectivity index (χ0n) is 10.5. The Labute approximate surface area is 124 Å². The Morgan fingerprint density at radius 3 is 2.40 bits per heavy atom. The summed E-state index contributed by atoms with van der Waals surface area (Å²) in [6.45, 7) is 0.295. The number of ether oxygens (including phenoxy) is 1. The molecule has 0 spiro atoms. The van der Waals surface area contributed by atoms with Crippen LogP contribution >= 0.6 is 15.9 Å². The molecule has 5 nitrogen and oxygen atoms in total. The topological polar surface area (TPSA) is 72.6 Å². The third-order valence-electron chi connectivity index (χ3n) is 2.73. The normalized spacial score (nSPS) is 10.3. The first-order chi connectivity index (χ1) is 9.60. The third-order valence-corrected chi connectivity index (χ3v) is 3.38. The fourth-order valence-corrected chi connectivity index (χ4v) is 1.98. The molecule has 0 amide bonds. The van der Waals surface area contributed by atoms with Gasteiger partial charge in [0, 0.05) is 6.07 Å². The molecule has 0 bridgehead atoms. The highest BCUT2D eigenvalue weighted by Crippen LogP contribution is 2.29. The van der Waals surface area contributed by atoms with Gasteiger partial charge in [0.2, 0.25) is 0 Å². The van der Waals surface area contributed by atoms with Crippen molar-refractivity contribution in [1.82, 2.24) is 0 Å². The van der Waals surface area contributed by atoms with Crippen molar-refractivity contribution < 1.29 is 14.8 Å². The van der Waals surface area contributed by atoms with Crippen LogP contribution in [0.15, 0.2) is 46.9 Å². The maximum atomic E-state index is 10.7. The van der Waals surface area contributed by atoms with Gasteiger partial charge in [0.25, 0.3) is 5.69 Å². The van der Waals surface area contributed by atoms with E-state index in [1.54, 1.807) is 18.2 Å². The van der Waals surface area contributed by atoms with Gasteiger partial charge in [0.15, 0.2) is 0 Å². The summed E-state index contributed by atoms with van der Waals surface area (Å²) in [7, 11) is 0. The van der Waals surface area contributed by atoms with E-state index in [9.17, 15) is 10.1 Å². The van der Waals surface area contributed by atoms with Crippen LogP contribution in [0.3, 0.4) is 0 Å². The predicted molar refractivity (Wildman–Crippen MR) is 77.5 cm³/mol. The van der Waals surface area contributed by atoms with Gasteiger partial charge in [-0.05, 0) is 33.1 Å². The average molecular weight is 338 g/mol. The number of halogens is 1. The summed E-state index contributed by atoms with van der Waals surface area (Å²) in [5, 5.41) is 19.7. The Bertz CT molecular complexity index is 613. The number of benzene rings is 2. The number of rotatable bonds is 5. The van der Waals surface area contributed by atoms with Crippen LogP contribution in [0.2, 0.25) is 0 Å². The maximum absolute atomic E-state index is 10.7. The summed E-state index contributed by atoms with van der Waals surface area (Å²) in [6, 6.07) is 11.7. The predicted octanol–water partition coefficient (Wildman–Crippen LogP) is 3.43. The van der Waals surface area contributed by atoms with E-state index in [2.05, 4.69) is 15.9 Å². The summed E-state index contributed by atoms with van der Waals surface area (Å²) >= 11 is 3.30. The first kappa shape index (κ1) is 14.5. The number of nitro benzene ring substituents is 1. The summed E-state index contributed by atoms with van der Waals surface area (Å²) < 4.78 is 6.24. The monoisotopic (exact) mass is 337 g/mol. The largest absolute Gasteiger partial charge is 0.487 e. The standard InChI is InChI=1S/C14H12BrNO4/c15-13-6-5-12(16(18)19)7-14(13)20-9-11-3-1-10(8-17)2-4-11/h1-7,17H,8-9H2. The number of non-ortho nitro benzene ring substituents is 1. The van der Waals surface area contributed by atoms with Gasteiger partial charge in [0.05, 0.1) is 22.1 Å². The average Bonchev–Trinajstić information content (AvgIpc) is 2.46. The zero-order chi connectivity index (χ0) is 14.5. The van der Waals surface area contributed by atoms with E-state index in [-0.39, 0.29) is 12.3 Å². The van der Waals surface area contributed by atoms with E-state index in [0.29, 0.717) is 16.8 Å². The molecule has 0 aliphatic heterocycles. The molecule has 0 aromatic heterocycles. The lowest BCUT2D eigenvalue weighted by Gasteiger charge is -2.08. The quantitative estimate of drug-likeness (QED) is 0.670. The fraction of sp³-hybridized carbons (Fsp3) is 0.143. The highest BCUT2D eigenvalue weighted by atomic mass is 79.9. The van der Waals surface area contributed by atoms with Crippen LogP contribution in [-0.4, -0.2) is 10.0 Å². The Morgan fingerprint density at radius 1 is 1.15 bits per heavy atom. The van der Waals surface area contributed by atoms with Crippen LogP contribution in [0.25, 0.3) is 0 Å². The SMILES string of the molecule is O=[N+]([O-])c1ccc(Br)c(OCc2ccc(CO)cc2)c1. The van der Waals surface area contributed by atoms with Crippen molar-refractivity contribution in [3.8, 4) is 5.75 Å². The van der Waals surface area contributed by atoms with Gasteiger partial charge in [0.1, 0.15) is 12.4 Å². The second-order valence-corrected chi connectivity index (χ2v) is 4.99. The number of nitrogens with zero attached hydrogens (tertiary/aromatic N) is 1. The Hall–Kier alpha value is -1.92. The molecule has 0 fully saturated rings. The van der Waals surface area contributed by atoms with Crippen LogP contribution in [0.5, 0.6) is 5.75 Å². The minimum absolute atomic E-state index is 0.00242. The number of aliphatic hydroxyl groups excluding tert-OH is 1. The molecule has 0 unspecified atom stereocenters. The van der Waals surface area contributed by atoms with Crippen molar-refractivity contribution in [2.45, 2.75) is 13.2 Å². The van der Waals surface area contributed by atoms with Crippen molar-refractivity contribution in [2.75, 3.05) is 0 Å². The molecule has 0 atom stereocenters. The molecule has 20 heavy (non-hydrogen) atoms. The van der Waals surface area contributed by atoms with Crippen molar-refractivity contribution in [2.24, 2.45) is 0 Å². The first-order valence-electron chi connectivity index (χ1n) is 5.85. The lowest BCUT2D eigenvalue weighted by Crippen LogP contribution is -1.97. The van der Waals surface area contributed by atoms with Crippen molar-refractivity contribution >= 4 is 21.6 Å². The van der Waals surface area contributed by atoms with Crippen molar-refractivity contribution in [3.63, 3.8) is 0 Å². The fourth-order valence-electron chi connectivity index (χ4n) is 1.62. The summed E-state index contributed by atoms with van der Waals surface area (Å²) in [6.07, 6.45) is 0. The molecule has 2 rings (SSSR count). The van der Waals surface area contributed by atoms with E-state index in [4.69, 9.17) is 9.84 Å². The van der Waals surface area contributed by atoms with Crippen LogP contribution < -0.4 is 4.74 Å². The van der Waals surface area contributed by atoms with Gasteiger partial charge < -0.3 is 9.84 Å². The highest BCUT2D eigenvalue weighted by molar-refractivity contribution is 9.10. The molecular weight excluding hydrogens is 326 g/mol. The molecule has 0 saturated heterocycles. The van der Waals surface area contributed by atoms with E-state index in [1.165, 1.54) is 12.1 Å². The Morgan fingerprint density at radius 2 is 1.80 bits per heavy atom. The van der Waals surface area contributed by atoms with Gasteiger partial charge in [-0.25, -0.2) is 0 Å². The molecule has 0 heterocycles. The summed E-state index contributed by atoms with van der Waals surface area (Å²) in [5.74, 6) is 0.422. The van der Waals surface area contributed by atoms with Crippen molar-refractivity contribution in [1.29, 1.82) is 0 Å². The van der Waals surface area contributed by atoms with Gasteiger partial charge in [-0.3, -0.25) is 10.1 Å². The Balaban J connectivity index is 2.09.